The number of benzene rings is 1. The van der Waals surface area contributed by atoms with Crippen LogP contribution in [0, 0.1) is 11.5 Å². The molecule has 1 aliphatic carbocycles. The van der Waals surface area contributed by atoms with E-state index in [9.17, 15) is 0 Å². The van der Waals surface area contributed by atoms with Crippen molar-refractivity contribution in [2.75, 3.05) is 6.26 Å². The SMILES string of the molecule is CSC(=NC#N)N(Cc1ccccc1)C1CC1. The van der Waals surface area contributed by atoms with E-state index < -0.39 is 0 Å². The zero-order chi connectivity index (χ0) is 12.1. The van der Waals surface area contributed by atoms with E-state index in [0.717, 1.165) is 11.7 Å². The lowest BCUT2D eigenvalue weighted by Crippen LogP contribution is -2.30. The van der Waals surface area contributed by atoms with Gasteiger partial charge in [0.05, 0.1) is 0 Å². The fraction of sp³-hybridized carbons (Fsp3) is 0.385. The summed E-state index contributed by atoms with van der Waals surface area (Å²) in [7, 11) is 0. The van der Waals surface area contributed by atoms with Gasteiger partial charge in [0.25, 0.3) is 0 Å². The Labute approximate surface area is 106 Å². The smallest absolute Gasteiger partial charge is 0.208 e. The second-order valence-electron chi connectivity index (χ2n) is 4.04. The molecule has 0 heterocycles. The van der Waals surface area contributed by atoms with Gasteiger partial charge in [0.1, 0.15) is 0 Å². The van der Waals surface area contributed by atoms with Crippen LogP contribution in [0.1, 0.15) is 18.4 Å². The van der Waals surface area contributed by atoms with Crippen LogP contribution in [-0.4, -0.2) is 22.4 Å². The van der Waals surface area contributed by atoms with E-state index in [1.807, 2.05) is 30.6 Å². The Hall–Kier alpha value is -1.47. The molecule has 17 heavy (non-hydrogen) atoms. The highest BCUT2D eigenvalue weighted by Gasteiger charge is 2.31. The molecule has 1 saturated carbocycles. The minimum absolute atomic E-state index is 0.565. The van der Waals surface area contributed by atoms with Gasteiger partial charge in [-0.15, -0.1) is 4.99 Å². The van der Waals surface area contributed by atoms with E-state index in [1.54, 1.807) is 11.8 Å². The van der Waals surface area contributed by atoms with Gasteiger partial charge in [-0.1, -0.05) is 42.1 Å². The van der Waals surface area contributed by atoms with Gasteiger partial charge in [0, 0.05) is 12.6 Å². The first-order valence-electron chi connectivity index (χ1n) is 5.66. The second-order valence-corrected chi connectivity index (χ2v) is 4.82. The molecule has 0 unspecified atom stereocenters. The quantitative estimate of drug-likeness (QED) is 0.467. The number of thioether (sulfide) groups is 1. The van der Waals surface area contributed by atoms with Crippen LogP contribution < -0.4 is 0 Å². The van der Waals surface area contributed by atoms with Crippen LogP contribution in [0.15, 0.2) is 35.3 Å². The fourth-order valence-electron chi connectivity index (χ4n) is 1.79. The molecule has 88 valence electrons. The molecule has 1 aliphatic rings. The number of aliphatic imine (C=N–C) groups is 1. The van der Waals surface area contributed by atoms with Crippen LogP contribution in [0.4, 0.5) is 0 Å². The summed E-state index contributed by atoms with van der Waals surface area (Å²) < 4.78 is 0. The Morgan fingerprint density at radius 3 is 2.71 bits per heavy atom. The predicted molar refractivity (Wildman–Crippen MR) is 71.6 cm³/mol. The molecule has 1 fully saturated rings. The lowest BCUT2D eigenvalue weighted by molar-refractivity contribution is 0.411. The van der Waals surface area contributed by atoms with E-state index in [1.165, 1.54) is 18.4 Å². The summed E-state index contributed by atoms with van der Waals surface area (Å²) in [5.41, 5.74) is 1.26. The van der Waals surface area contributed by atoms with E-state index in [-0.39, 0.29) is 0 Å². The van der Waals surface area contributed by atoms with Crippen molar-refractivity contribution in [1.29, 1.82) is 5.26 Å². The Morgan fingerprint density at radius 1 is 1.47 bits per heavy atom. The molecule has 1 aromatic carbocycles. The molecule has 0 spiro atoms. The first-order chi connectivity index (χ1) is 8.35. The highest BCUT2D eigenvalue weighted by atomic mass is 32.2. The van der Waals surface area contributed by atoms with Crippen molar-refractivity contribution in [3.05, 3.63) is 35.9 Å². The topological polar surface area (TPSA) is 39.4 Å². The summed E-state index contributed by atoms with van der Waals surface area (Å²) in [5.74, 6) is 0. The molecule has 1 aromatic rings. The monoisotopic (exact) mass is 245 g/mol. The van der Waals surface area contributed by atoms with E-state index in [0.29, 0.717) is 6.04 Å². The summed E-state index contributed by atoms with van der Waals surface area (Å²) in [5, 5.41) is 9.54. The fourth-order valence-corrected chi connectivity index (χ4v) is 2.37. The molecule has 0 radical (unpaired) electrons. The minimum atomic E-state index is 0.565. The summed E-state index contributed by atoms with van der Waals surface area (Å²) in [6.07, 6.45) is 6.27. The molecular formula is C13H15N3S. The van der Waals surface area contributed by atoms with Crippen molar-refractivity contribution in [1.82, 2.24) is 4.90 Å². The summed E-state index contributed by atoms with van der Waals surface area (Å²) >= 11 is 1.54. The first-order valence-corrected chi connectivity index (χ1v) is 6.89. The Balaban J connectivity index is 2.13. The third-order valence-corrected chi connectivity index (χ3v) is 3.45. The molecule has 0 atom stereocenters. The Kier molecular flexibility index (Phi) is 4.05. The molecule has 0 amide bonds. The van der Waals surface area contributed by atoms with E-state index >= 15 is 0 Å². The maximum atomic E-state index is 8.71. The van der Waals surface area contributed by atoms with Gasteiger partial charge in [0.2, 0.25) is 6.19 Å². The van der Waals surface area contributed by atoms with Gasteiger partial charge in [-0.3, -0.25) is 0 Å². The van der Waals surface area contributed by atoms with E-state index in [2.05, 4.69) is 22.0 Å². The summed E-state index contributed by atoms with van der Waals surface area (Å²) in [6, 6.07) is 10.9. The summed E-state index contributed by atoms with van der Waals surface area (Å²) in [6.45, 7) is 0.840. The standard InChI is InChI=1S/C13H15N3S/c1-17-13(15-10-14)16(12-7-8-12)9-11-5-3-2-4-6-11/h2-6,12H,7-9H2,1H3. The van der Waals surface area contributed by atoms with Gasteiger partial charge in [-0.2, -0.15) is 5.26 Å². The third kappa shape index (κ3) is 3.24. The molecule has 0 saturated heterocycles. The molecule has 0 N–H and O–H groups in total. The largest absolute Gasteiger partial charge is 0.343 e. The number of amidine groups is 1. The molecule has 4 heteroatoms. The number of nitrogens with zero attached hydrogens (tertiary/aromatic N) is 3. The van der Waals surface area contributed by atoms with Crippen molar-refractivity contribution in [2.45, 2.75) is 25.4 Å². The Bertz CT molecular complexity index is 432. The normalized spacial score (nSPS) is 15.4. The van der Waals surface area contributed by atoms with Crippen molar-refractivity contribution in [3.63, 3.8) is 0 Å². The van der Waals surface area contributed by atoms with Gasteiger partial charge in [-0.25, -0.2) is 0 Å². The van der Waals surface area contributed by atoms with Crippen LogP contribution in [0.2, 0.25) is 0 Å². The maximum absolute atomic E-state index is 8.71. The van der Waals surface area contributed by atoms with Crippen molar-refractivity contribution in [2.24, 2.45) is 4.99 Å². The minimum Gasteiger partial charge on any atom is -0.343 e. The average Bonchev–Trinajstić information content (AvgIpc) is 3.19. The zero-order valence-electron chi connectivity index (χ0n) is 9.84. The van der Waals surface area contributed by atoms with Crippen LogP contribution >= 0.6 is 11.8 Å². The lowest BCUT2D eigenvalue weighted by atomic mass is 10.2. The van der Waals surface area contributed by atoms with Crippen molar-refractivity contribution < 1.29 is 0 Å². The summed E-state index contributed by atoms with van der Waals surface area (Å²) in [4.78, 5) is 6.15. The third-order valence-electron chi connectivity index (χ3n) is 2.76. The highest BCUT2D eigenvalue weighted by molar-refractivity contribution is 8.13. The average molecular weight is 245 g/mol. The van der Waals surface area contributed by atoms with E-state index in [4.69, 9.17) is 5.26 Å². The molecule has 0 aliphatic heterocycles. The second kappa shape index (κ2) is 5.74. The number of nitriles is 1. The number of hydrogen-bond acceptors (Lipinski definition) is 3. The number of rotatable bonds is 3. The number of hydrogen-bond donors (Lipinski definition) is 0. The van der Waals surface area contributed by atoms with Gasteiger partial charge in [0.15, 0.2) is 5.17 Å². The van der Waals surface area contributed by atoms with Crippen LogP contribution in [0.3, 0.4) is 0 Å². The molecule has 0 aromatic heterocycles. The van der Waals surface area contributed by atoms with Crippen LogP contribution in [-0.2, 0) is 6.54 Å². The van der Waals surface area contributed by atoms with Gasteiger partial charge in [-0.05, 0) is 24.7 Å². The Morgan fingerprint density at radius 2 is 2.18 bits per heavy atom. The molecule has 2 rings (SSSR count). The molecule has 0 bridgehead atoms. The van der Waals surface area contributed by atoms with Crippen LogP contribution in [0.5, 0.6) is 0 Å². The predicted octanol–water partition coefficient (Wildman–Crippen LogP) is 2.85. The van der Waals surface area contributed by atoms with Gasteiger partial charge >= 0.3 is 0 Å². The van der Waals surface area contributed by atoms with Gasteiger partial charge < -0.3 is 4.90 Å². The lowest BCUT2D eigenvalue weighted by Gasteiger charge is -2.24. The zero-order valence-corrected chi connectivity index (χ0v) is 10.7. The maximum Gasteiger partial charge on any atom is 0.208 e. The molecule has 3 nitrogen and oxygen atoms in total. The highest BCUT2D eigenvalue weighted by Crippen LogP contribution is 2.30. The van der Waals surface area contributed by atoms with Crippen molar-refractivity contribution in [3.8, 4) is 6.19 Å². The first kappa shape index (κ1) is 12.0. The van der Waals surface area contributed by atoms with Crippen LogP contribution in [0.25, 0.3) is 0 Å². The van der Waals surface area contributed by atoms with Crippen molar-refractivity contribution >= 4 is 16.9 Å². The molecular weight excluding hydrogens is 230 g/mol.